The van der Waals surface area contributed by atoms with Crippen LogP contribution in [0, 0.1) is 11.8 Å². The number of piperidine rings is 1. The van der Waals surface area contributed by atoms with Crippen LogP contribution in [-0.4, -0.2) is 54.6 Å². The Labute approximate surface area is 117 Å². The van der Waals surface area contributed by atoms with Gasteiger partial charge in [-0.1, -0.05) is 13.8 Å². The molecular weight excluding hydrogens is 238 g/mol. The van der Waals surface area contributed by atoms with Crippen molar-refractivity contribution in [2.24, 2.45) is 11.8 Å². The molecule has 2 unspecified atom stereocenters. The van der Waals surface area contributed by atoms with E-state index in [2.05, 4.69) is 42.9 Å². The van der Waals surface area contributed by atoms with E-state index in [0.29, 0.717) is 17.7 Å². The van der Waals surface area contributed by atoms with Crippen molar-refractivity contribution >= 4 is 5.91 Å². The molecule has 2 aliphatic heterocycles. The minimum Gasteiger partial charge on any atom is -0.326 e. The summed E-state index contributed by atoms with van der Waals surface area (Å²) >= 11 is 0. The molecule has 4 nitrogen and oxygen atoms in total. The molecular formula is C15H29N3O. The lowest BCUT2D eigenvalue weighted by molar-refractivity contribution is -0.130. The molecule has 0 aromatic carbocycles. The van der Waals surface area contributed by atoms with E-state index in [-0.39, 0.29) is 12.2 Å². The van der Waals surface area contributed by atoms with Crippen molar-refractivity contribution in [2.45, 2.75) is 52.2 Å². The predicted octanol–water partition coefficient (Wildman–Crippen LogP) is 1.52. The average Bonchev–Trinajstić information content (AvgIpc) is 2.59. The largest absolute Gasteiger partial charge is 0.326 e. The SMILES string of the molecule is CC(C)CC1NC(C)N(CC2CCN(C)CC2)C1=O. The maximum Gasteiger partial charge on any atom is 0.241 e. The summed E-state index contributed by atoms with van der Waals surface area (Å²) in [5.41, 5.74) is 0. The van der Waals surface area contributed by atoms with Gasteiger partial charge in [0.2, 0.25) is 5.91 Å². The van der Waals surface area contributed by atoms with Crippen LogP contribution in [0.3, 0.4) is 0 Å². The van der Waals surface area contributed by atoms with Crippen molar-refractivity contribution < 1.29 is 4.79 Å². The summed E-state index contributed by atoms with van der Waals surface area (Å²) < 4.78 is 0. The number of rotatable bonds is 4. The monoisotopic (exact) mass is 267 g/mol. The van der Waals surface area contributed by atoms with Crippen molar-refractivity contribution in [1.29, 1.82) is 0 Å². The normalized spacial score (nSPS) is 30.6. The molecule has 0 aromatic heterocycles. The van der Waals surface area contributed by atoms with E-state index in [1.807, 2.05) is 0 Å². The van der Waals surface area contributed by atoms with Crippen LogP contribution >= 0.6 is 0 Å². The number of amides is 1. The van der Waals surface area contributed by atoms with Crippen LogP contribution in [0.4, 0.5) is 0 Å². The second-order valence-corrected chi connectivity index (χ2v) is 6.76. The fraction of sp³-hybridized carbons (Fsp3) is 0.933. The summed E-state index contributed by atoms with van der Waals surface area (Å²) in [5.74, 6) is 1.57. The molecule has 2 aliphatic rings. The van der Waals surface area contributed by atoms with E-state index in [4.69, 9.17) is 0 Å². The first kappa shape index (κ1) is 14.8. The molecule has 0 radical (unpaired) electrons. The highest BCUT2D eigenvalue weighted by Gasteiger charge is 2.37. The zero-order chi connectivity index (χ0) is 14.0. The van der Waals surface area contributed by atoms with Crippen LogP contribution in [0.1, 0.15) is 40.0 Å². The Morgan fingerprint density at radius 1 is 1.32 bits per heavy atom. The standard InChI is InChI=1S/C15H29N3O/c1-11(2)9-14-15(19)18(12(3)16-14)10-13-5-7-17(4)8-6-13/h11-14,16H,5-10H2,1-4H3. The quantitative estimate of drug-likeness (QED) is 0.839. The number of hydrogen-bond donors (Lipinski definition) is 1. The van der Waals surface area contributed by atoms with Crippen molar-refractivity contribution in [3.05, 3.63) is 0 Å². The number of carbonyl (C=O) groups is 1. The van der Waals surface area contributed by atoms with Crippen LogP contribution in [0.2, 0.25) is 0 Å². The molecule has 2 atom stereocenters. The number of hydrogen-bond acceptors (Lipinski definition) is 3. The topological polar surface area (TPSA) is 35.6 Å². The minimum atomic E-state index is 0.0428. The highest BCUT2D eigenvalue weighted by Crippen LogP contribution is 2.22. The van der Waals surface area contributed by atoms with E-state index in [1.54, 1.807) is 0 Å². The summed E-state index contributed by atoms with van der Waals surface area (Å²) in [6.45, 7) is 9.76. The molecule has 2 saturated heterocycles. The average molecular weight is 267 g/mol. The maximum atomic E-state index is 12.4. The van der Waals surface area contributed by atoms with Gasteiger partial charge in [0.15, 0.2) is 0 Å². The van der Waals surface area contributed by atoms with E-state index < -0.39 is 0 Å². The fourth-order valence-corrected chi connectivity index (χ4v) is 3.25. The third kappa shape index (κ3) is 3.69. The molecule has 0 aromatic rings. The van der Waals surface area contributed by atoms with Crippen LogP contribution in [-0.2, 0) is 4.79 Å². The summed E-state index contributed by atoms with van der Waals surface area (Å²) in [6, 6.07) is 0.0428. The number of nitrogens with one attached hydrogen (secondary N) is 1. The predicted molar refractivity (Wildman–Crippen MR) is 77.8 cm³/mol. The molecule has 0 bridgehead atoms. The molecule has 1 N–H and O–H groups in total. The van der Waals surface area contributed by atoms with Crippen molar-refractivity contribution in [3.63, 3.8) is 0 Å². The molecule has 4 heteroatoms. The second kappa shape index (κ2) is 6.23. The lowest BCUT2D eigenvalue weighted by Gasteiger charge is -2.32. The van der Waals surface area contributed by atoms with Crippen LogP contribution in [0.15, 0.2) is 0 Å². The van der Waals surface area contributed by atoms with Gasteiger partial charge in [-0.2, -0.15) is 0 Å². The molecule has 110 valence electrons. The Balaban J connectivity index is 1.88. The molecule has 2 heterocycles. The lowest BCUT2D eigenvalue weighted by atomic mass is 9.96. The Morgan fingerprint density at radius 3 is 2.53 bits per heavy atom. The summed E-state index contributed by atoms with van der Waals surface area (Å²) in [5, 5.41) is 3.45. The van der Waals surface area contributed by atoms with Crippen molar-refractivity contribution in [2.75, 3.05) is 26.7 Å². The van der Waals surface area contributed by atoms with Crippen LogP contribution in [0.5, 0.6) is 0 Å². The van der Waals surface area contributed by atoms with Crippen LogP contribution < -0.4 is 5.32 Å². The smallest absolute Gasteiger partial charge is 0.241 e. The summed E-state index contributed by atoms with van der Waals surface area (Å²) in [7, 11) is 2.18. The first-order valence-corrected chi connectivity index (χ1v) is 7.72. The molecule has 0 spiro atoms. The Bertz CT molecular complexity index is 311. The maximum absolute atomic E-state index is 12.4. The van der Waals surface area contributed by atoms with Gasteiger partial charge in [0.25, 0.3) is 0 Å². The molecule has 1 amide bonds. The van der Waals surface area contributed by atoms with Gasteiger partial charge in [0, 0.05) is 6.54 Å². The number of nitrogens with zero attached hydrogens (tertiary/aromatic N) is 2. The zero-order valence-corrected chi connectivity index (χ0v) is 12.9. The van der Waals surface area contributed by atoms with Gasteiger partial charge in [-0.25, -0.2) is 0 Å². The molecule has 0 aliphatic carbocycles. The Hall–Kier alpha value is -0.610. The van der Waals surface area contributed by atoms with Gasteiger partial charge < -0.3 is 9.80 Å². The van der Waals surface area contributed by atoms with Gasteiger partial charge in [0.05, 0.1) is 12.2 Å². The van der Waals surface area contributed by atoms with Gasteiger partial charge in [-0.15, -0.1) is 0 Å². The molecule has 0 saturated carbocycles. The van der Waals surface area contributed by atoms with Gasteiger partial charge in [-0.3, -0.25) is 10.1 Å². The van der Waals surface area contributed by atoms with Crippen molar-refractivity contribution in [3.8, 4) is 0 Å². The first-order chi connectivity index (χ1) is 8.97. The summed E-state index contributed by atoms with van der Waals surface area (Å²) in [6.07, 6.45) is 3.60. The summed E-state index contributed by atoms with van der Waals surface area (Å²) in [4.78, 5) is 16.9. The van der Waals surface area contributed by atoms with Crippen molar-refractivity contribution in [1.82, 2.24) is 15.1 Å². The number of carbonyl (C=O) groups excluding carboxylic acids is 1. The van der Waals surface area contributed by atoms with E-state index in [1.165, 1.54) is 25.9 Å². The lowest BCUT2D eigenvalue weighted by Crippen LogP contribution is -2.41. The Kier molecular flexibility index (Phi) is 4.85. The highest BCUT2D eigenvalue weighted by molar-refractivity contribution is 5.84. The minimum absolute atomic E-state index is 0.0428. The molecule has 19 heavy (non-hydrogen) atoms. The third-order valence-corrected chi connectivity index (χ3v) is 4.49. The number of likely N-dealkylation sites (tertiary alicyclic amines) is 1. The van der Waals surface area contributed by atoms with E-state index in [0.717, 1.165) is 13.0 Å². The van der Waals surface area contributed by atoms with E-state index >= 15 is 0 Å². The fourth-order valence-electron chi connectivity index (χ4n) is 3.25. The first-order valence-electron chi connectivity index (χ1n) is 7.72. The van der Waals surface area contributed by atoms with Gasteiger partial charge in [0.1, 0.15) is 0 Å². The van der Waals surface area contributed by atoms with Crippen LogP contribution in [0.25, 0.3) is 0 Å². The second-order valence-electron chi connectivity index (χ2n) is 6.76. The molecule has 2 fully saturated rings. The van der Waals surface area contributed by atoms with Gasteiger partial charge >= 0.3 is 0 Å². The van der Waals surface area contributed by atoms with Gasteiger partial charge in [-0.05, 0) is 58.2 Å². The zero-order valence-electron chi connectivity index (χ0n) is 12.9. The van der Waals surface area contributed by atoms with E-state index in [9.17, 15) is 4.79 Å². The molecule has 2 rings (SSSR count). The third-order valence-electron chi connectivity index (χ3n) is 4.49. The highest BCUT2D eigenvalue weighted by atomic mass is 16.2. The Morgan fingerprint density at radius 2 is 1.95 bits per heavy atom.